The van der Waals surface area contributed by atoms with Crippen molar-refractivity contribution in [1.82, 2.24) is 15.2 Å². The minimum atomic E-state index is 0.757. The van der Waals surface area contributed by atoms with Crippen molar-refractivity contribution in [2.24, 2.45) is 0 Å². The Morgan fingerprint density at radius 3 is 3.00 bits per heavy atom. The standard InChI is InChI=1S/C11H19N3OS2/c1-9-10(17-8-13-9)7-14(2)11(16)12-5-4-6-15-3/h8H,4-7H2,1-3H3,(H,12,16). The number of aromatic nitrogens is 1. The molecule has 1 heterocycles. The van der Waals surface area contributed by atoms with E-state index in [9.17, 15) is 0 Å². The molecule has 4 nitrogen and oxygen atoms in total. The van der Waals surface area contributed by atoms with Gasteiger partial charge in [-0.25, -0.2) is 4.98 Å². The number of aryl methyl sites for hydroxylation is 1. The molecule has 0 aliphatic rings. The summed E-state index contributed by atoms with van der Waals surface area (Å²) in [6, 6.07) is 0. The second-order valence-electron chi connectivity index (χ2n) is 3.80. The first kappa shape index (κ1) is 14.3. The maximum absolute atomic E-state index is 5.30. The summed E-state index contributed by atoms with van der Waals surface area (Å²) in [4.78, 5) is 7.52. The molecule has 0 bridgehead atoms. The number of thiazole rings is 1. The van der Waals surface area contributed by atoms with Crippen LogP contribution in [0.5, 0.6) is 0 Å². The van der Waals surface area contributed by atoms with Crippen molar-refractivity contribution in [3.05, 3.63) is 16.1 Å². The zero-order valence-electron chi connectivity index (χ0n) is 10.5. The van der Waals surface area contributed by atoms with Gasteiger partial charge in [-0.05, 0) is 25.6 Å². The number of rotatable bonds is 6. The Labute approximate surface area is 112 Å². The molecular weight excluding hydrogens is 254 g/mol. The monoisotopic (exact) mass is 273 g/mol. The lowest BCUT2D eigenvalue weighted by Gasteiger charge is -2.20. The summed E-state index contributed by atoms with van der Waals surface area (Å²) >= 11 is 6.97. The van der Waals surface area contributed by atoms with Crippen molar-refractivity contribution in [1.29, 1.82) is 0 Å². The van der Waals surface area contributed by atoms with E-state index >= 15 is 0 Å². The molecule has 0 radical (unpaired) electrons. The third kappa shape index (κ3) is 4.97. The predicted molar refractivity (Wildman–Crippen MR) is 75.4 cm³/mol. The fourth-order valence-corrected chi connectivity index (χ4v) is 2.31. The van der Waals surface area contributed by atoms with Gasteiger partial charge in [-0.2, -0.15) is 0 Å². The highest BCUT2D eigenvalue weighted by atomic mass is 32.1. The highest BCUT2D eigenvalue weighted by Crippen LogP contribution is 2.13. The molecule has 0 aliphatic carbocycles. The minimum Gasteiger partial charge on any atom is -0.385 e. The van der Waals surface area contributed by atoms with Gasteiger partial charge in [0.1, 0.15) is 0 Å². The Balaban J connectivity index is 2.30. The number of hydrogen-bond acceptors (Lipinski definition) is 4. The van der Waals surface area contributed by atoms with Gasteiger partial charge in [0, 0.05) is 32.2 Å². The Kier molecular flexibility index (Phi) is 6.39. The third-order valence-corrected chi connectivity index (χ3v) is 3.75. The molecular formula is C11H19N3OS2. The summed E-state index contributed by atoms with van der Waals surface area (Å²) in [5, 5.41) is 3.98. The Morgan fingerprint density at radius 1 is 1.65 bits per heavy atom. The molecule has 0 atom stereocenters. The largest absolute Gasteiger partial charge is 0.385 e. The summed E-state index contributed by atoms with van der Waals surface area (Å²) in [6.07, 6.45) is 0.962. The average molecular weight is 273 g/mol. The van der Waals surface area contributed by atoms with E-state index in [2.05, 4.69) is 10.3 Å². The van der Waals surface area contributed by atoms with Gasteiger partial charge in [-0.1, -0.05) is 0 Å². The van der Waals surface area contributed by atoms with E-state index in [0.29, 0.717) is 0 Å². The van der Waals surface area contributed by atoms with Crippen LogP contribution < -0.4 is 5.32 Å². The summed E-state index contributed by atoms with van der Waals surface area (Å²) in [6.45, 7) is 4.44. The van der Waals surface area contributed by atoms with E-state index in [0.717, 1.165) is 36.9 Å². The van der Waals surface area contributed by atoms with Crippen molar-refractivity contribution < 1.29 is 4.74 Å². The van der Waals surface area contributed by atoms with Gasteiger partial charge in [0.15, 0.2) is 5.11 Å². The van der Waals surface area contributed by atoms with Crippen LogP contribution in [-0.2, 0) is 11.3 Å². The quantitative estimate of drug-likeness (QED) is 0.632. The zero-order valence-corrected chi connectivity index (χ0v) is 12.2. The molecule has 17 heavy (non-hydrogen) atoms. The molecule has 6 heteroatoms. The van der Waals surface area contributed by atoms with E-state index in [1.54, 1.807) is 18.4 Å². The van der Waals surface area contributed by atoms with Crippen molar-refractivity contribution in [3.63, 3.8) is 0 Å². The van der Waals surface area contributed by atoms with Gasteiger partial charge in [0.25, 0.3) is 0 Å². The summed E-state index contributed by atoms with van der Waals surface area (Å²) < 4.78 is 4.98. The van der Waals surface area contributed by atoms with Crippen molar-refractivity contribution in [2.75, 3.05) is 27.3 Å². The SMILES string of the molecule is COCCCNC(=S)N(C)Cc1scnc1C. The number of ether oxygens (including phenoxy) is 1. The van der Waals surface area contributed by atoms with Crippen LogP contribution in [0.3, 0.4) is 0 Å². The van der Waals surface area contributed by atoms with Crippen molar-refractivity contribution in [3.8, 4) is 0 Å². The van der Waals surface area contributed by atoms with E-state index in [-0.39, 0.29) is 0 Å². The van der Waals surface area contributed by atoms with Crippen LogP contribution >= 0.6 is 23.6 Å². The maximum atomic E-state index is 5.30. The predicted octanol–water partition coefficient (Wildman–Crippen LogP) is 1.79. The van der Waals surface area contributed by atoms with Crippen LogP contribution in [0.2, 0.25) is 0 Å². The maximum Gasteiger partial charge on any atom is 0.169 e. The Morgan fingerprint density at radius 2 is 2.41 bits per heavy atom. The van der Waals surface area contributed by atoms with E-state index in [1.165, 1.54) is 4.88 Å². The fourth-order valence-electron chi connectivity index (χ4n) is 1.31. The molecule has 0 fully saturated rings. The van der Waals surface area contributed by atoms with Gasteiger partial charge < -0.3 is 15.0 Å². The van der Waals surface area contributed by atoms with Crippen LogP contribution in [0.15, 0.2) is 5.51 Å². The average Bonchev–Trinajstić information content (AvgIpc) is 2.70. The summed E-state index contributed by atoms with van der Waals surface area (Å²) in [5.74, 6) is 0. The molecule has 0 spiro atoms. The van der Waals surface area contributed by atoms with Crippen LogP contribution in [0.25, 0.3) is 0 Å². The first-order valence-corrected chi connectivity index (χ1v) is 6.80. The fraction of sp³-hybridized carbons (Fsp3) is 0.636. The highest BCUT2D eigenvalue weighted by Gasteiger charge is 2.08. The summed E-state index contributed by atoms with van der Waals surface area (Å²) in [5.41, 5.74) is 2.96. The highest BCUT2D eigenvalue weighted by molar-refractivity contribution is 7.80. The molecule has 0 saturated carbocycles. The topological polar surface area (TPSA) is 37.4 Å². The van der Waals surface area contributed by atoms with Gasteiger partial charge in [0.05, 0.1) is 17.7 Å². The number of methoxy groups -OCH3 is 1. The van der Waals surface area contributed by atoms with Gasteiger partial charge in [-0.3, -0.25) is 0 Å². The second-order valence-corrected chi connectivity index (χ2v) is 5.12. The second kappa shape index (κ2) is 7.58. The lowest BCUT2D eigenvalue weighted by atomic mass is 10.4. The Bertz CT molecular complexity index is 354. The molecule has 0 unspecified atom stereocenters. The number of nitrogens with zero attached hydrogens (tertiary/aromatic N) is 2. The molecule has 1 N–H and O–H groups in total. The molecule has 1 aromatic rings. The molecule has 1 aromatic heterocycles. The number of nitrogens with one attached hydrogen (secondary N) is 1. The van der Waals surface area contributed by atoms with Crippen molar-refractivity contribution >= 4 is 28.7 Å². The van der Waals surface area contributed by atoms with Gasteiger partial charge >= 0.3 is 0 Å². The lowest BCUT2D eigenvalue weighted by molar-refractivity contribution is 0.195. The van der Waals surface area contributed by atoms with E-state index in [1.807, 2.05) is 24.4 Å². The number of thiocarbonyl (C=S) groups is 1. The third-order valence-electron chi connectivity index (χ3n) is 2.37. The first-order valence-electron chi connectivity index (χ1n) is 5.52. The van der Waals surface area contributed by atoms with Crippen molar-refractivity contribution in [2.45, 2.75) is 19.9 Å². The van der Waals surface area contributed by atoms with E-state index in [4.69, 9.17) is 17.0 Å². The molecule has 96 valence electrons. The molecule has 0 aliphatic heterocycles. The molecule has 1 rings (SSSR count). The molecule has 0 saturated heterocycles. The first-order chi connectivity index (χ1) is 8.15. The molecule has 0 aromatic carbocycles. The molecule has 0 amide bonds. The smallest absolute Gasteiger partial charge is 0.169 e. The van der Waals surface area contributed by atoms with Crippen LogP contribution in [-0.4, -0.2) is 42.3 Å². The van der Waals surface area contributed by atoms with Crippen LogP contribution in [0.1, 0.15) is 17.0 Å². The normalized spacial score (nSPS) is 10.3. The minimum absolute atomic E-state index is 0.757. The van der Waals surface area contributed by atoms with Crippen LogP contribution in [0.4, 0.5) is 0 Å². The van der Waals surface area contributed by atoms with Gasteiger partial charge in [0.2, 0.25) is 0 Å². The van der Waals surface area contributed by atoms with E-state index < -0.39 is 0 Å². The zero-order chi connectivity index (χ0) is 12.7. The Hall–Kier alpha value is -0.720. The lowest BCUT2D eigenvalue weighted by Crippen LogP contribution is -2.37. The van der Waals surface area contributed by atoms with Crippen LogP contribution in [0, 0.1) is 6.92 Å². The number of hydrogen-bond donors (Lipinski definition) is 1. The summed E-state index contributed by atoms with van der Waals surface area (Å²) in [7, 11) is 3.70. The van der Waals surface area contributed by atoms with Gasteiger partial charge in [-0.15, -0.1) is 11.3 Å².